The van der Waals surface area contributed by atoms with Gasteiger partial charge in [-0.3, -0.25) is 4.79 Å². The molecule has 0 bridgehead atoms. The van der Waals surface area contributed by atoms with Crippen molar-refractivity contribution in [2.24, 2.45) is 11.3 Å². The minimum absolute atomic E-state index is 0.360. The van der Waals surface area contributed by atoms with Crippen LogP contribution in [0.15, 0.2) is 0 Å². The number of carboxylic acids is 1. The van der Waals surface area contributed by atoms with Gasteiger partial charge >= 0.3 is 5.97 Å². The highest BCUT2D eigenvalue weighted by Gasteiger charge is 2.28. The molecule has 100 valence electrons. The van der Waals surface area contributed by atoms with Crippen molar-refractivity contribution in [3.8, 4) is 0 Å². The summed E-state index contributed by atoms with van der Waals surface area (Å²) in [6.07, 6.45) is 7.07. The third-order valence-corrected chi connectivity index (χ3v) is 3.97. The van der Waals surface area contributed by atoms with Crippen LogP contribution in [-0.2, 0) is 9.53 Å². The van der Waals surface area contributed by atoms with E-state index >= 15 is 0 Å². The van der Waals surface area contributed by atoms with E-state index in [-0.39, 0.29) is 0 Å². The summed E-state index contributed by atoms with van der Waals surface area (Å²) >= 11 is 0. The fourth-order valence-corrected chi connectivity index (χ4v) is 2.35. The van der Waals surface area contributed by atoms with Gasteiger partial charge in [0.1, 0.15) is 0 Å². The summed E-state index contributed by atoms with van der Waals surface area (Å²) in [7, 11) is 0. The van der Waals surface area contributed by atoms with E-state index < -0.39 is 11.4 Å². The van der Waals surface area contributed by atoms with Gasteiger partial charge in [-0.15, -0.1) is 0 Å². The zero-order valence-corrected chi connectivity index (χ0v) is 11.4. The first-order chi connectivity index (χ1) is 7.95. The maximum absolute atomic E-state index is 10.9. The molecule has 0 radical (unpaired) electrons. The molecule has 1 N–H and O–H groups in total. The van der Waals surface area contributed by atoms with Gasteiger partial charge in [0.15, 0.2) is 0 Å². The normalized spacial score (nSPS) is 25.8. The highest BCUT2D eigenvalue weighted by Crippen LogP contribution is 2.29. The fraction of sp³-hybridized carbons (Fsp3) is 0.929. The van der Waals surface area contributed by atoms with Crippen LogP contribution < -0.4 is 0 Å². The molecule has 0 aromatic heterocycles. The topological polar surface area (TPSA) is 46.5 Å². The number of rotatable bonds is 6. The Labute approximate surface area is 105 Å². The van der Waals surface area contributed by atoms with Gasteiger partial charge in [-0.05, 0) is 39.0 Å². The van der Waals surface area contributed by atoms with E-state index in [1.165, 1.54) is 19.3 Å². The zero-order valence-electron chi connectivity index (χ0n) is 11.4. The second-order valence-electron chi connectivity index (χ2n) is 5.87. The third kappa shape index (κ3) is 4.66. The van der Waals surface area contributed by atoms with Crippen LogP contribution >= 0.6 is 0 Å². The van der Waals surface area contributed by atoms with Crippen molar-refractivity contribution >= 4 is 5.97 Å². The Bertz CT molecular complexity index is 248. The van der Waals surface area contributed by atoms with E-state index in [2.05, 4.69) is 6.92 Å². The Morgan fingerprint density at radius 1 is 1.41 bits per heavy atom. The number of hydrogen-bond acceptors (Lipinski definition) is 2. The maximum Gasteiger partial charge on any atom is 0.309 e. The Kier molecular flexibility index (Phi) is 5.44. The molecule has 1 aliphatic rings. The molecular weight excluding hydrogens is 216 g/mol. The SMILES string of the molecule is CCC1CCCC(OCCC(C)(C)C(=O)O)C1. The molecule has 2 unspecified atom stereocenters. The van der Waals surface area contributed by atoms with Crippen molar-refractivity contribution in [2.45, 2.75) is 65.4 Å². The second kappa shape index (κ2) is 6.39. The Balaban J connectivity index is 2.24. The molecule has 0 aromatic carbocycles. The fourth-order valence-electron chi connectivity index (χ4n) is 2.35. The largest absolute Gasteiger partial charge is 0.481 e. The molecule has 0 amide bonds. The summed E-state index contributed by atoms with van der Waals surface area (Å²) in [6.45, 7) is 6.32. The molecule has 3 nitrogen and oxygen atoms in total. The lowest BCUT2D eigenvalue weighted by Crippen LogP contribution is -2.28. The summed E-state index contributed by atoms with van der Waals surface area (Å²) < 4.78 is 5.84. The van der Waals surface area contributed by atoms with Crippen LogP contribution in [0, 0.1) is 11.3 Å². The predicted octanol–water partition coefficient (Wildman–Crippen LogP) is 3.47. The number of ether oxygens (including phenoxy) is 1. The molecule has 17 heavy (non-hydrogen) atoms. The highest BCUT2D eigenvalue weighted by atomic mass is 16.5. The minimum Gasteiger partial charge on any atom is -0.481 e. The predicted molar refractivity (Wildman–Crippen MR) is 68.0 cm³/mol. The van der Waals surface area contributed by atoms with Gasteiger partial charge < -0.3 is 9.84 Å². The van der Waals surface area contributed by atoms with E-state index in [9.17, 15) is 4.79 Å². The average molecular weight is 242 g/mol. The zero-order chi connectivity index (χ0) is 12.9. The molecule has 1 fully saturated rings. The molecule has 0 spiro atoms. The molecule has 1 saturated carbocycles. The van der Waals surface area contributed by atoms with Crippen LogP contribution in [0.5, 0.6) is 0 Å². The van der Waals surface area contributed by atoms with E-state index in [4.69, 9.17) is 9.84 Å². The molecule has 1 aliphatic carbocycles. The number of hydrogen-bond donors (Lipinski definition) is 1. The minimum atomic E-state index is -0.740. The van der Waals surface area contributed by atoms with E-state index in [0.29, 0.717) is 19.1 Å². The summed E-state index contributed by atoms with van der Waals surface area (Å²) in [5.41, 5.74) is -0.668. The third-order valence-electron chi connectivity index (χ3n) is 3.97. The van der Waals surface area contributed by atoms with Crippen LogP contribution in [0.1, 0.15) is 59.3 Å². The van der Waals surface area contributed by atoms with Gasteiger partial charge in [-0.2, -0.15) is 0 Å². The van der Waals surface area contributed by atoms with E-state index in [0.717, 1.165) is 18.8 Å². The summed E-state index contributed by atoms with van der Waals surface area (Å²) in [4.78, 5) is 10.9. The quantitative estimate of drug-likeness (QED) is 0.775. The van der Waals surface area contributed by atoms with Gasteiger partial charge in [0.25, 0.3) is 0 Å². The first kappa shape index (κ1) is 14.5. The van der Waals surface area contributed by atoms with Crippen molar-refractivity contribution in [1.29, 1.82) is 0 Å². The molecule has 0 aliphatic heterocycles. The van der Waals surface area contributed by atoms with E-state index in [1.807, 2.05) is 0 Å². The van der Waals surface area contributed by atoms with E-state index in [1.54, 1.807) is 13.8 Å². The molecule has 2 atom stereocenters. The molecule has 0 saturated heterocycles. The van der Waals surface area contributed by atoms with Crippen molar-refractivity contribution < 1.29 is 14.6 Å². The van der Waals surface area contributed by atoms with Gasteiger partial charge in [0.05, 0.1) is 11.5 Å². The molecule has 3 heteroatoms. The van der Waals surface area contributed by atoms with Crippen molar-refractivity contribution in [2.75, 3.05) is 6.61 Å². The van der Waals surface area contributed by atoms with Crippen LogP contribution in [0.3, 0.4) is 0 Å². The maximum atomic E-state index is 10.9. The van der Waals surface area contributed by atoms with Crippen LogP contribution in [0.25, 0.3) is 0 Å². The smallest absolute Gasteiger partial charge is 0.309 e. The summed E-state index contributed by atoms with van der Waals surface area (Å²) in [5, 5.41) is 9.00. The van der Waals surface area contributed by atoms with Crippen molar-refractivity contribution in [3.63, 3.8) is 0 Å². The van der Waals surface area contributed by atoms with Gasteiger partial charge in [-0.1, -0.05) is 26.2 Å². The molecule has 0 heterocycles. The van der Waals surface area contributed by atoms with Gasteiger partial charge in [0, 0.05) is 6.61 Å². The van der Waals surface area contributed by atoms with Crippen LogP contribution in [0.4, 0.5) is 0 Å². The molecular formula is C14H26O3. The number of carbonyl (C=O) groups is 1. The Morgan fingerprint density at radius 3 is 2.71 bits per heavy atom. The molecule has 0 aromatic rings. The lowest BCUT2D eigenvalue weighted by molar-refractivity contribution is -0.148. The summed E-state index contributed by atoms with van der Waals surface area (Å²) in [6, 6.07) is 0. The highest BCUT2D eigenvalue weighted by molar-refractivity contribution is 5.73. The number of aliphatic carboxylic acids is 1. The first-order valence-electron chi connectivity index (χ1n) is 6.80. The standard InChI is InChI=1S/C14H26O3/c1-4-11-6-5-7-12(10-11)17-9-8-14(2,3)13(15)16/h11-12H,4-10H2,1-3H3,(H,15,16). The Hall–Kier alpha value is -0.570. The van der Waals surface area contributed by atoms with Gasteiger partial charge in [0.2, 0.25) is 0 Å². The van der Waals surface area contributed by atoms with Crippen molar-refractivity contribution in [1.82, 2.24) is 0 Å². The lowest BCUT2D eigenvalue weighted by Gasteiger charge is -2.29. The van der Waals surface area contributed by atoms with Crippen LogP contribution in [0.2, 0.25) is 0 Å². The average Bonchev–Trinajstić information content (AvgIpc) is 2.29. The first-order valence-corrected chi connectivity index (χ1v) is 6.80. The monoisotopic (exact) mass is 242 g/mol. The number of carboxylic acid groups (broad SMARTS) is 1. The second-order valence-corrected chi connectivity index (χ2v) is 5.87. The summed E-state index contributed by atoms with van der Waals surface area (Å²) in [5.74, 6) is 0.0670. The van der Waals surface area contributed by atoms with Crippen molar-refractivity contribution in [3.05, 3.63) is 0 Å². The molecule has 1 rings (SSSR count). The lowest BCUT2D eigenvalue weighted by atomic mass is 9.85. The van der Waals surface area contributed by atoms with Crippen LogP contribution in [-0.4, -0.2) is 23.8 Å². The van der Waals surface area contributed by atoms with Gasteiger partial charge in [-0.25, -0.2) is 0 Å². The Morgan fingerprint density at radius 2 is 2.12 bits per heavy atom.